The number of hydrogen-bond donors (Lipinski definition) is 1. The lowest BCUT2D eigenvalue weighted by atomic mass is 9.53. The largest absolute Gasteiger partial charge is 0.455 e. The standard InChI is InChI=1S/C22H29NO3S/c1-14-3-4-19(15(2)5-14)27-13-21(25)26-12-20(24)23-22-9-16-6-17(10-22)8-18(7-16)11-22/h3-5,16-18H,6-13H2,1-2H3,(H,23,24). The maximum absolute atomic E-state index is 12.4. The fourth-order valence-corrected chi connectivity index (χ4v) is 6.69. The van der Waals surface area contributed by atoms with Crippen molar-refractivity contribution < 1.29 is 14.3 Å². The highest BCUT2D eigenvalue weighted by molar-refractivity contribution is 8.00. The number of nitrogens with one attached hydrogen (secondary N) is 1. The number of ether oxygens (including phenoxy) is 1. The molecular formula is C22H29NO3S. The van der Waals surface area contributed by atoms with Gasteiger partial charge in [0.1, 0.15) is 0 Å². The molecule has 4 saturated carbocycles. The third-order valence-corrected chi connectivity index (χ3v) is 7.63. The van der Waals surface area contributed by atoms with Crippen molar-refractivity contribution >= 4 is 23.6 Å². The number of amides is 1. The monoisotopic (exact) mass is 387 g/mol. The summed E-state index contributed by atoms with van der Waals surface area (Å²) in [5, 5.41) is 3.25. The second-order valence-corrected chi connectivity index (χ2v) is 9.98. The van der Waals surface area contributed by atoms with Crippen molar-refractivity contribution in [3.63, 3.8) is 0 Å². The van der Waals surface area contributed by atoms with Crippen LogP contribution in [-0.4, -0.2) is 29.8 Å². The Balaban J connectivity index is 1.23. The van der Waals surface area contributed by atoms with E-state index in [0.29, 0.717) is 0 Å². The molecule has 0 heterocycles. The Morgan fingerprint density at radius 1 is 1.11 bits per heavy atom. The molecule has 146 valence electrons. The fourth-order valence-electron chi connectivity index (χ4n) is 5.88. The molecule has 0 aromatic heterocycles. The fraction of sp³-hybridized carbons (Fsp3) is 0.636. The van der Waals surface area contributed by atoms with Gasteiger partial charge in [-0.2, -0.15) is 0 Å². The van der Waals surface area contributed by atoms with Gasteiger partial charge in [-0.05, 0) is 81.8 Å². The number of rotatable bonds is 6. The molecule has 0 radical (unpaired) electrons. The van der Waals surface area contributed by atoms with Crippen molar-refractivity contribution in [3.8, 4) is 0 Å². The minimum atomic E-state index is -0.333. The van der Waals surface area contributed by atoms with E-state index in [1.165, 1.54) is 36.6 Å². The number of thioether (sulfide) groups is 1. The predicted octanol–water partition coefficient (Wildman–Crippen LogP) is 4.02. The van der Waals surface area contributed by atoms with Crippen LogP contribution in [0.25, 0.3) is 0 Å². The summed E-state index contributed by atoms with van der Waals surface area (Å²) < 4.78 is 5.23. The van der Waals surface area contributed by atoms with E-state index in [4.69, 9.17) is 4.74 Å². The zero-order chi connectivity index (χ0) is 19.0. The molecule has 0 aliphatic heterocycles. The topological polar surface area (TPSA) is 55.4 Å². The summed E-state index contributed by atoms with van der Waals surface area (Å²) in [6.07, 6.45) is 7.38. The highest BCUT2D eigenvalue weighted by Crippen LogP contribution is 2.55. The van der Waals surface area contributed by atoms with Crippen LogP contribution in [0.3, 0.4) is 0 Å². The lowest BCUT2D eigenvalue weighted by Crippen LogP contribution is -2.60. The summed E-state index contributed by atoms with van der Waals surface area (Å²) >= 11 is 1.46. The average Bonchev–Trinajstić information content (AvgIpc) is 2.57. The minimum Gasteiger partial charge on any atom is -0.455 e. The summed E-state index contributed by atoms with van der Waals surface area (Å²) in [4.78, 5) is 25.5. The van der Waals surface area contributed by atoms with Crippen LogP contribution in [0.2, 0.25) is 0 Å². The molecule has 0 atom stereocenters. The van der Waals surface area contributed by atoms with E-state index in [1.807, 2.05) is 19.1 Å². The molecule has 0 unspecified atom stereocenters. The van der Waals surface area contributed by atoms with E-state index < -0.39 is 0 Å². The second-order valence-electron chi connectivity index (χ2n) is 8.96. The van der Waals surface area contributed by atoms with E-state index in [1.54, 1.807) is 0 Å². The molecule has 0 spiro atoms. The van der Waals surface area contributed by atoms with Gasteiger partial charge < -0.3 is 10.1 Å². The van der Waals surface area contributed by atoms with Gasteiger partial charge in [-0.3, -0.25) is 9.59 Å². The molecule has 5 heteroatoms. The van der Waals surface area contributed by atoms with Gasteiger partial charge in [-0.25, -0.2) is 0 Å². The van der Waals surface area contributed by atoms with Gasteiger partial charge in [0.15, 0.2) is 6.61 Å². The molecular weight excluding hydrogens is 358 g/mol. The van der Waals surface area contributed by atoms with Crippen LogP contribution in [0.15, 0.2) is 23.1 Å². The lowest BCUT2D eigenvalue weighted by Gasteiger charge is -2.56. The van der Waals surface area contributed by atoms with Crippen LogP contribution < -0.4 is 5.32 Å². The van der Waals surface area contributed by atoms with Crippen molar-refractivity contribution in [3.05, 3.63) is 29.3 Å². The van der Waals surface area contributed by atoms with Crippen LogP contribution in [0, 0.1) is 31.6 Å². The average molecular weight is 388 g/mol. The summed E-state index contributed by atoms with van der Waals surface area (Å²) in [7, 11) is 0. The number of carbonyl (C=O) groups is 2. The van der Waals surface area contributed by atoms with Gasteiger partial charge in [-0.15, -0.1) is 11.8 Å². The van der Waals surface area contributed by atoms with Crippen molar-refractivity contribution in [2.75, 3.05) is 12.4 Å². The number of aryl methyl sites for hydroxylation is 2. The highest BCUT2D eigenvalue weighted by Gasteiger charge is 2.51. The Hall–Kier alpha value is -1.49. The maximum atomic E-state index is 12.4. The molecule has 27 heavy (non-hydrogen) atoms. The quantitative estimate of drug-likeness (QED) is 0.592. The molecule has 0 saturated heterocycles. The lowest BCUT2D eigenvalue weighted by molar-refractivity contribution is -0.147. The van der Waals surface area contributed by atoms with Crippen LogP contribution in [0.5, 0.6) is 0 Å². The van der Waals surface area contributed by atoms with Crippen molar-refractivity contribution in [2.24, 2.45) is 17.8 Å². The van der Waals surface area contributed by atoms with Gasteiger partial charge >= 0.3 is 5.97 Å². The Labute approximate surface area is 165 Å². The van der Waals surface area contributed by atoms with Gasteiger partial charge in [-0.1, -0.05) is 17.7 Å². The first-order chi connectivity index (χ1) is 12.9. The van der Waals surface area contributed by atoms with Gasteiger partial charge in [0.2, 0.25) is 0 Å². The Kier molecular flexibility index (Phi) is 5.23. The van der Waals surface area contributed by atoms with Crippen LogP contribution >= 0.6 is 11.8 Å². The number of esters is 1. The third kappa shape index (κ3) is 4.34. The minimum absolute atomic E-state index is 0.0218. The SMILES string of the molecule is Cc1ccc(SCC(=O)OCC(=O)NC23CC4CC(CC(C4)C2)C3)c(C)c1. The molecule has 1 aromatic carbocycles. The molecule has 4 aliphatic rings. The van der Waals surface area contributed by atoms with Crippen molar-refractivity contribution in [2.45, 2.75) is 62.8 Å². The second kappa shape index (κ2) is 7.50. The molecule has 1 amide bonds. The summed E-state index contributed by atoms with van der Waals surface area (Å²) in [5.74, 6) is 2.12. The first-order valence-corrected chi connectivity index (χ1v) is 11.1. The van der Waals surface area contributed by atoms with Crippen LogP contribution in [0.1, 0.15) is 49.7 Å². The Morgan fingerprint density at radius 3 is 2.33 bits per heavy atom. The molecule has 1 N–H and O–H groups in total. The number of benzene rings is 1. The smallest absolute Gasteiger partial charge is 0.316 e. The van der Waals surface area contributed by atoms with Crippen molar-refractivity contribution in [1.82, 2.24) is 5.32 Å². The van der Waals surface area contributed by atoms with E-state index in [9.17, 15) is 9.59 Å². The van der Waals surface area contributed by atoms with Gasteiger partial charge in [0, 0.05) is 10.4 Å². The maximum Gasteiger partial charge on any atom is 0.316 e. The first kappa shape index (κ1) is 18.9. The normalized spacial score (nSPS) is 31.0. The highest BCUT2D eigenvalue weighted by atomic mass is 32.2. The van der Waals surface area contributed by atoms with Crippen LogP contribution in [-0.2, 0) is 14.3 Å². The van der Waals surface area contributed by atoms with Crippen molar-refractivity contribution in [1.29, 1.82) is 0 Å². The molecule has 5 rings (SSSR count). The van der Waals surface area contributed by atoms with Gasteiger partial charge in [0.25, 0.3) is 5.91 Å². The molecule has 4 bridgehead atoms. The van der Waals surface area contributed by atoms with Gasteiger partial charge in [0.05, 0.1) is 5.75 Å². The van der Waals surface area contributed by atoms with E-state index >= 15 is 0 Å². The number of hydrogen-bond acceptors (Lipinski definition) is 4. The van der Waals surface area contributed by atoms with E-state index in [-0.39, 0.29) is 29.8 Å². The Morgan fingerprint density at radius 2 is 1.74 bits per heavy atom. The zero-order valence-electron chi connectivity index (χ0n) is 16.3. The third-order valence-electron chi connectivity index (χ3n) is 6.48. The van der Waals surface area contributed by atoms with E-state index in [0.717, 1.165) is 47.5 Å². The van der Waals surface area contributed by atoms with E-state index in [2.05, 4.69) is 18.3 Å². The molecule has 4 aliphatic carbocycles. The Bertz CT molecular complexity index is 710. The molecule has 1 aromatic rings. The molecule has 4 nitrogen and oxygen atoms in total. The summed E-state index contributed by atoms with van der Waals surface area (Å²) in [5.41, 5.74) is 2.35. The first-order valence-electron chi connectivity index (χ1n) is 10.1. The number of carbonyl (C=O) groups excluding carboxylic acids is 2. The molecule has 4 fully saturated rings. The summed E-state index contributed by atoms with van der Waals surface area (Å²) in [6, 6.07) is 6.18. The van der Waals surface area contributed by atoms with Crippen LogP contribution in [0.4, 0.5) is 0 Å². The summed E-state index contributed by atoms with van der Waals surface area (Å²) in [6.45, 7) is 3.94. The zero-order valence-corrected chi connectivity index (χ0v) is 17.1. The predicted molar refractivity (Wildman–Crippen MR) is 107 cm³/mol.